The van der Waals surface area contributed by atoms with Crippen LogP contribution in [0.4, 0.5) is 0 Å². The van der Waals surface area contributed by atoms with Gasteiger partial charge in [0.2, 0.25) is 0 Å². The Morgan fingerprint density at radius 2 is 1.76 bits per heavy atom. The Balaban J connectivity index is 2.35. The third-order valence-electron chi connectivity index (χ3n) is 3.19. The number of aldehydes is 1. The van der Waals surface area contributed by atoms with Crippen LogP contribution in [-0.4, -0.2) is 18.7 Å². The summed E-state index contributed by atoms with van der Waals surface area (Å²) in [7, 11) is -3.73. The lowest BCUT2D eigenvalue weighted by atomic mass is 10.2. The fraction of sp³-hybridized carbons (Fsp3) is 0. The molecular weight excluding hydrogens is 354 g/mol. The minimum Gasteiger partial charge on any atom is -0.298 e. The molecular formula is C15H10BrNO3S. The first kappa shape index (κ1) is 14.0. The average molecular weight is 364 g/mol. The predicted octanol–water partition coefficient (Wildman–Crippen LogP) is 3.45. The molecule has 0 unspecified atom stereocenters. The topological polar surface area (TPSA) is 56.1 Å². The predicted molar refractivity (Wildman–Crippen MR) is 84.1 cm³/mol. The molecule has 3 aromatic rings. The number of carbonyl (C=O) groups excluding carboxylic acids is 1. The van der Waals surface area contributed by atoms with Crippen molar-refractivity contribution >= 4 is 43.1 Å². The van der Waals surface area contributed by atoms with E-state index in [1.54, 1.807) is 36.4 Å². The summed E-state index contributed by atoms with van der Waals surface area (Å²) in [5.41, 5.74) is 0.812. The summed E-state index contributed by atoms with van der Waals surface area (Å²) in [6.45, 7) is 0. The molecule has 3 rings (SSSR count). The Morgan fingerprint density at radius 3 is 2.43 bits per heavy atom. The van der Waals surface area contributed by atoms with Gasteiger partial charge in [-0.05, 0) is 24.3 Å². The van der Waals surface area contributed by atoms with Crippen LogP contribution in [0.15, 0.2) is 64.1 Å². The molecule has 0 atom stereocenters. The zero-order valence-corrected chi connectivity index (χ0v) is 13.1. The minimum atomic E-state index is -3.73. The molecule has 0 bridgehead atoms. The first-order valence-corrected chi connectivity index (χ1v) is 8.34. The molecule has 6 heteroatoms. The maximum absolute atomic E-state index is 12.7. The number of benzene rings is 2. The highest BCUT2D eigenvalue weighted by atomic mass is 79.9. The van der Waals surface area contributed by atoms with Crippen molar-refractivity contribution < 1.29 is 13.2 Å². The summed E-state index contributed by atoms with van der Waals surface area (Å²) in [4.78, 5) is 11.3. The minimum absolute atomic E-state index is 0.180. The van der Waals surface area contributed by atoms with Gasteiger partial charge in [0.25, 0.3) is 10.0 Å². The molecule has 1 aromatic heterocycles. The Labute approximate surface area is 130 Å². The maximum Gasteiger partial charge on any atom is 0.268 e. The average Bonchev–Trinajstić information content (AvgIpc) is 2.86. The van der Waals surface area contributed by atoms with Crippen LogP contribution in [0.25, 0.3) is 10.9 Å². The summed E-state index contributed by atoms with van der Waals surface area (Å²) in [5, 5.41) is 0.604. The first-order valence-electron chi connectivity index (χ1n) is 6.10. The number of hydrogen-bond donors (Lipinski definition) is 0. The number of aromatic nitrogens is 1. The molecule has 0 spiro atoms. The number of hydrogen-bond acceptors (Lipinski definition) is 3. The van der Waals surface area contributed by atoms with Crippen LogP contribution in [-0.2, 0) is 10.0 Å². The van der Waals surface area contributed by atoms with Crippen molar-refractivity contribution in [2.75, 3.05) is 0 Å². The first-order chi connectivity index (χ1) is 10.0. The Kier molecular flexibility index (Phi) is 3.43. The van der Waals surface area contributed by atoms with Crippen LogP contribution in [0, 0.1) is 0 Å². The molecule has 4 nitrogen and oxygen atoms in total. The van der Waals surface area contributed by atoms with E-state index in [4.69, 9.17) is 0 Å². The molecule has 0 aliphatic carbocycles. The normalized spacial score (nSPS) is 11.7. The van der Waals surface area contributed by atoms with Gasteiger partial charge in [-0.15, -0.1) is 0 Å². The van der Waals surface area contributed by atoms with Gasteiger partial charge in [0.1, 0.15) is 0 Å². The van der Waals surface area contributed by atoms with Gasteiger partial charge < -0.3 is 0 Å². The zero-order valence-electron chi connectivity index (χ0n) is 10.7. The Morgan fingerprint density at radius 1 is 1.05 bits per heavy atom. The van der Waals surface area contributed by atoms with Crippen molar-refractivity contribution in [3.63, 3.8) is 0 Å². The van der Waals surface area contributed by atoms with E-state index in [0.29, 0.717) is 22.8 Å². The fourth-order valence-electron chi connectivity index (χ4n) is 2.20. The van der Waals surface area contributed by atoms with Gasteiger partial charge in [-0.25, -0.2) is 12.4 Å². The molecule has 2 aromatic carbocycles. The van der Waals surface area contributed by atoms with Gasteiger partial charge in [-0.2, -0.15) is 0 Å². The molecule has 0 amide bonds. The Bertz CT molecular complexity index is 930. The number of carbonyl (C=O) groups is 1. The highest BCUT2D eigenvalue weighted by Crippen LogP contribution is 2.27. The van der Waals surface area contributed by atoms with Gasteiger partial charge in [-0.1, -0.05) is 40.2 Å². The summed E-state index contributed by atoms with van der Waals surface area (Å²) < 4.78 is 27.3. The molecule has 0 N–H and O–H groups in total. The van der Waals surface area contributed by atoms with Crippen LogP contribution >= 0.6 is 15.9 Å². The quantitative estimate of drug-likeness (QED) is 0.669. The monoisotopic (exact) mass is 363 g/mol. The number of nitrogens with zero attached hydrogens (tertiary/aromatic N) is 1. The van der Waals surface area contributed by atoms with Crippen molar-refractivity contribution in [1.82, 2.24) is 3.97 Å². The zero-order chi connectivity index (χ0) is 15.0. The van der Waals surface area contributed by atoms with Crippen LogP contribution < -0.4 is 0 Å². The third-order valence-corrected chi connectivity index (χ3v) is 5.37. The van der Waals surface area contributed by atoms with Crippen LogP contribution in [0.3, 0.4) is 0 Å². The summed E-state index contributed by atoms with van der Waals surface area (Å²) >= 11 is 3.32. The highest BCUT2D eigenvalue weighted by Gasteiger charge is 2.20. The van der Waals surface area contributed by atoms with Gasteiger partial charge in [0.15, 0.2) is 6.29 Å². The molecule has 0 saturated heterocycles. The smallest absolute Gasteiger partial charge is 0.268 e. The second kappa shape index (κ2) is 5.13. The van der Waals surface area contributed by atoms with Gasteiger partial charge in [0, 0.05) is 21.6 Å². The van der Waals surface area contributed by atoms with Crippen molar-refractivity contribution in [2.24, 2.45) is 0 Å². The molecule has 0 saturated carbocycles. The second-order valence-corrected chi connectivity index (χ2v) is 7.21. The molecule has 106 valence electrons. The summed E-state index contributed by atoms with van der Waals surface area (Å²) in [6, 6.07) is 13.3. The van der Waals surface area contributed by atoms with E-state index in [0.717, 1.165) is 8.45 Å². The lowest BCUT2D eigenvalue weighted by molar-refractivity contribution is 0.112. The van der Waals surface area contributed by atoms with Crippen molar-refractivity contribution in [1.29, 1.82) is 0 Å². The molecule has 0 radical (unpaired) electrons. The fourth-order valence-corrected chi connectivity index (χ4v) is 3.93. The lowest BCUT2D eigenvalue weighted by Gasteiger charge is -2.07. The summed E-state index contributed by atoms with van der Waals surface area (Å²) in [5.74, 6) is 0. The molecule has 0 fully saturated rings. The van der Waals surface area contributed by atoms with Crippen LogP contribution in [0.1, 0.15) is 10.4 Å². The standard InChI is InChI=1S/C15H10BrNO3S/c16-12-6-7-14-11(10-18)9-17(15(14)8-12)21(19,20)13-4-2-1-3-5-13/h1-10H. The van der Waals surface area contributed by atoms with E-state index >= 15 is 0 Å². The lowest BCUT2D eigenvalue weighted by Crippen LogP contribution is -2.11. The van der Waals surface area contributed by atoms with E-state index < -0.39 is 10.0 Å². The number of halogens is 1. The number of fused-ring (bicyclic) bond motifs is 1. The van der Waals surface area contributed by atoms with Gasteiger partial charge in [-0.3, -0.25) is 4.79 Å². The SMILES string of the molecule is O=Cc1cn(S(=O)(=O)c2ccccc2)c2cc(Br)ccc12. The van der Waals surface area contributed by atoms with E-state index in [1.807, 2.05) is 0 Å². The largest absolute Gasteiger partial charge is 0.298 e. The van der Waals surface area contributed by atoms with E-state index in [1.165, 1.54) is 18.3 Å². The third kappa shape index (κ3) is 2.30. The molecule has 0 aliphatic rings. The molecule has 21 heavy (non-hydrogen) atoms. The highest BCUT2D eigenvalue weighted by molar-refractivity contribution is 9.10. The van der Waals surface area contributed by atoms with Gasteiger partial charge >= 0.3 is 0 Å². The van der Waals surface area contributed by atoms with Crippen LogP contribution in [0.2, 0.25) is 0 Å². The maximum atomic E-state index is 12.7. The van der Waals surface area contributed by atoms with E-state index in [-0.39, 0.29) is 4.90 Å². The van der Waals surface area contributed by atoms with E-state index in [2.05, 4.69) is 15.9 Å². The Hall–Kier alpha value is -1.92. The molecule has 0 aliphatic heterocycles. The van der Waals surface area contributed by atoms with E-state index in [9.17, 15) is 13.2 Å². The van der Waals surface area contributed by atoms with Gasteiger partial charge in [0.05, 0.1) is 10.4 Å². The van der Waals surface area contributed by atoms with Crippen molar-refractivity contribution in [3.8, 4) is 0 Å². The van der Waals surface area contributed by atoms with Crippen molar-refractivity contribution in [3.05, 3.63) is 64.8 Å². The second-order valence-electron chi connectivity index (χ2n) is 4.48. The summed E-state index contributed by atoms with van der Waals surface area (Å²) in [6.07, 6.45) is 2.01. The number of rotatable bonds is 3. The molecule has 1 heterocycles. The van der Waals surface area contributed by atoms with Crippen molar-refractivity contribution in [2.45, 2.75) is 4.90 Å². The van der Waals surface area contributed by atoms with Crippen LogP contribution in [0.5, 0.6) is 0 Å².